The molecule has 0 aromatic carbocycles. The molecule has 0 aliphatic rings. The van der Waals surface area contributed by atoms with Crippen molar-refractivity contribution in [2.24, 2.45) is 0 Å². The van der Waals surface area contributed by atoms with Gasteiger partial charge >= 0.3 is 17.9 Å². The van der Waals surface area contributed by atoms with Gasteiger partial charge in [-0.25, -0.2) is 0 Å². The zero-order valence-electron chi connectivity index (χ0n) is 46.2. The second-order valence-corrected chi connectivity index (χ2v) is 21.0. The zero-order chi connectivity index (χ0) is 49.3. The van der Waals surface area contributed by atoms with Gasteiger partial charge in [-0.1, -0.05) is 296 Å². The molecular formula is C62H118O6. The first-order valence-corrected chi connectivity index (χ1v) is 30.7. The summed E-state index contributed by atoms with van der Waals surface area (Å²) in [5.41, 5.74) is 0. The summed E-state index contributed by atoms with van der Waals surface area (Å²) in [5.74, 6) is -0.838. The molecule has 68 heavy (non-hydrogen) atoms. The second kappa shape index (κ2) is 57.7. The molecule has 0 amide bonds. The minimum absolute atomic E-state index is 0.0641. The summed E-state index contributed by atoms with van der Waals surface area (Å²) >= 11 is 0. The van der Waals surface area contributed by atoms with Crippen LogP contribution in [0.3, 0.4) is 0 Å². The van der Waals surface area contributed by atoms with Crippen LogP contribution in [-0.4, -0.2) is 37.2 Å². The van der Waals surface area contributed by atoms with Gasteiger partial charge in [-0.05, 0) is 44.9 Å². The van der Waals surface area contributed by atoms with Crippen molar-refractivity contribution in [2.45, 2.75) is 354 Å². The lowest BCUT2D eigenvalue weighted by molar-refractivity contribution is -0.167. The highest BCUT2D eigenvalue weighted by molar-refractivity contribution is 5.71. The Hall–Kier alpha value is -1.85. The van der Waals surface area contributed by atoms with E-state index in [0.717, 1.165) is 57.8 Å². The van der Waals surface area contributed by atoms with Crippen LogP contribution in [0.1, 0.15) is 348 Å². The smallest absolute Gasteiger partial charge is 0.306 e. The Kier molecular flexibility index (Phi) is 56.2. The van der Waals surface area contributed by atoms with Crippen LogP contribution in [0.4, 0.5) is 0 Å². The maximum Gasteiger partial charge on any atom is 0.306 e. The van der Waals surface area contributed by atoms with E-state index in [-0.39, 0.29) is 31.1 Å². The highest BCUT2D eigenvalue weighted by Gasteiger charge is 2.19. The Balaban J connectivity index is 4.28. The number of esters is 3. The highest BCUT2D eigenvalue weighted by atomic mass is 16.6. The van der Waals surface area contributed by atoms with Gasteiger partial charge in [0.05, 0.1) is 0 Å². The number of hydrogen-bond acceptors (Lipinski definition) is 6. The summed E-state index contributed by atoms with van der Waals surface area (Å²) in [4.78, 5) is 38.2. The predicted octanol–water partition coefficient (Wildman–Crippen LogP) is 20.5. The maximum atomic E-state index is 12.9. The van der Waals surface area contributed by atoms with Gasteiger partial charge in [0.1, 0.15) is 13.2 Å². The van der Waals surface area contributed by atoms with E-state index >= 15 is 0 Å². The number of allylic oxidation sites excluding steroid dienone is 2. The SMILES string of the molecule is CCCCCCCC/C=C/CCCCCCCCCCCC(=O)OC[C@@H](COC(=O)CCCCCCCCCCCCCCC)OC(=O)CCCCCCCCCCCCCCCCCCCC. The minimum Gasteiger partial charge on any atom is -0.462 e. The number of rotatable bonds is 57. The first-order chi connectivity index (χ1) is 33.5. The van der Waals surface area contributed by atoms with Gasteiger partial charge in [0.25, 0.3) is 0 Å². The molecule has 0 aromatic rings. The monoisotopic (exact) mass is 959 g/mol. The van der Waals surface area contributed by atoms with Gasteiger partial charge in [-0.3, -0.25) is 14.4 Å². The van der Waals surface area contributed by atoms with Crippen molar-refractivity contribution in [2.75, 3.05) is 13.2 Å². The van der Waals surface area contributed by atoms with Crippen molar-refractivity contribution in [1.82, 2.24) is 0 Å². The van der Waals surface area contributed by atoms with E-state index in [4.69, 9.17) is 14.2 Å². The van der Waals surface area contributed by atoms with Crippen LogP contribution in [-0.2, 0) is 28.6 Å². The quantitative estimate of drug-likeness (QED) is 0.0262. The number of hydrogen-bond donors (Lipinski definition) is 0. The molecule has 0 bridgehead atoms. The lowest BCUT2D eigenvalue weighted by Gasteiger charge is -2.18. The molecule has 0 saturated heterocycles. The van der Waals surface area contributed by atoms with Crippen LogP contribution in [0.25, 0.3) is 0 Å². The third-order valence-corrected chi connectivity index (χ3v) is 14.0. The molecule has 6 nitrogen and oxygen atoms in total. The van der Waals surface area contributed by atoms with Crippen molar-refractivity contribution in [3.05, 3.63) is 12.2 Å². The van der Waals surface area contributed by atoms with E-state index in [1.54, 1.807) is 0 Å². The van der Waals surface area contributed by atoms with Crippen molar-refractivity contribution >= 4 is 17.9 Å². The number of ether oxygens (including phenoxy) is 3. The van der Waals surface area contributed by atoms with Gasteiger partial charge in [-0.15, -0.1) is 0 Å². The average molecular weight is 960 g/mol. The zero-order valence-corrected chi connectivity index (χ0v) is 46.2. The molecule has 0 fully saturated rings. The summed E-state index contributed by atoms with van der Waals surface area (Å²) in [6.07, 6.45) is 66.3. The van der Waals surface area contributed by atoms with E-state index in [1.807, 2.05) is 0 Å². The fourth-order valence-electron chi connectivity index (χ4n) is 9.38. The normalized spacial score (nSPS) is 12.0. The van der Waals surface area contributed by atoms with Crippen LogP contribution in [0.2, 0.25) is 0 Å². The Labute approximate surface area is 424 Å². The van der Waals surface area contributed by atoms with E-state index in [9.17, 15) is 14.4 Å². The Morgan fingerprint density at radius 2 is 0.485 bits per heavy atom. The number of unbranched alkanes of at least 4 members (excludes halogenated alkanes) is 44. The molecule has 0 saturated carbocycles. The Bertz CT molecular complexity index is 1060. The fraction of sp³-hybridized carbons (Fsp3) is 0.919. The number of carbonyl (C=O) groups is 3. The van der Waals surface area contributed by atoms with E-state index in [0.29, 0.717) is 19.3 Å². The van der Waals surface area contributed by atoms with Crippen LogP contribution >= 0.6 is 0 Å². The van der Waals surface area contributed by atoms with Gasteiger partial charge in [0.15, 0.2) is 6.10 Å². The van der Waals surface area contributed by atoms with Gasteiger partial charge < -0.3 is 14.2 Å². The van der Waals surface area contributed by atoms with E-state index < -0.39 is 6.10 Å². The molecule has 0 unspecified atom stereocenters. The molecule has 0 N–H and O–H groups in total. The lowest BCUT2D eigenvalue weighted by atomic mass is 10.0. The Morgan fingerprint density at radius 3 is 0.735 bits per heavy atom. The molecule has 0 heterocycles. The molecule has 402 valence electrons. The van der Waals surface area contributed by atoms with E-state index in [1.165, 1.54) is 250 Å². The largest absolute Gasteiger partial charge is 0.462 e. The van der Waals surface area contributed by atoms with Crippen LogP contribution in [0, 0.1) is 0 Å². The molecule has 1 atom stereocenters. The third kappa shape index (κ3) is 55.1. The van der Waals surface area contributed by atoms with Crippen molar-refractivity contribution in [3.8, 4) is 0 Å². The second-order valence-electron chi connectivity index (χ2n) is 21.0. The maximum absolute atomic E-state index is 12.9. The summed E-state index contributed by atoms with van der Waals surface area (Å²) in [7, 11) is 0. The average Bonchev–Trinajstić information content (AvgIpc) is 3.34. The molecule has 0 aromatic heterocycles. The first-order valence-electron chi connectivity index (χ1n) is 30.7. The van der Waals surface area contributed by atoms with Crippen LogP contribution in [0.5, 0.6) is 0 Å². The molecule has 6 heteroatoms. The fourth-order valence-corrected chi connectivity index (χ4v) is 9.38. The molecule has 0 radical (unpaired) electrons. The van der Waals surface area contributed by atoms with Crippen LogP contribution in [0.15, 0.2) is 12.2 Å². The van der Waals surface area contributed by atoms with Gasteiger partial charge in [0.2, 0.25) is 0 Å². The standard InChI is InChI=1S/C62H118O6/c1-4-7-10-13-16-19-22-25-27-29-31-33-34-37-40-43-46-49-52-55-61(64)67-58-59(57-66-60(63)54-51-48-45-42-39-36-24-21-18-15-12-9-6-3)68-62(65)56-53-50-47-44-41-38-35-32-30-28-26-23-20-17-14-11-8-5-2/h25,27,59H,4-24,26,28-58H2,1-3H3/b27-25+/t59-/m1/s1. The topological polar surface area (TPSA) is 78.9 Å². The summed E-state index contributed by atoms with van der Waals surface area (Å²) < 4.78 is 16.9. The van der Waals surface area contributed by atoms with E-state index in [2.05, 4.69) is 32.9 Å². The lowest BCUT2D eigenvalue weighted by Crippen LogP contribution is -2.30. The predicted molar refractivity (Wildman–Crippen MR) is 293 cm³/mol. The third-order valence-electron chi connectivity index (χ3n) is 14.0. The summed E-state index contributed by atoms with van der Waals surface area (Å²) in [6.45, 7) is 6.70. The molecular weight excluding hydrogens is 841 g/mol. The minimum atomic E-state index is -0.765. The van der Waals surface area contributed by atoms with Gasteiger partial charge in [-0.2, -0.15) is 0 Å². The number of carbonyl (C=O) groups excluding carboxylic acids is 3. The molecule has 0 rings (SSSR count). The Morgan fingerprint density at radius 1 is 0.279 bits per heavy atom. The summed E-state index contributed by atoms with van der Waals surface area (Å²) in [5, 5.41) is 0. The molecule has 0 aliphatic heterocycles. The van der Waals surface area contributed by atoms with Crippen LogP contribution < -0.4 is 0 Å². The van der Waals surface area contributed by atoms with Crippen molar-refractivity contribution in [1.29, 1.82) is 0 Å². The summed E-state index contributed by atoms with van der Waals surface area (Å²) in [6, 6.07) is 0. The highest BCUT2D eigenvalue weighted by Crippen LogP contribution is 2.18. The van der Waals surface area contributed by atoms with Crippen molar-refractivity contribution < 1.29 is 28.6 Å². The van der Waals surface area contributed by atoms with Crippen molar-refractivity contribution in [3.63, 3.8) is 0 Å². The molecule has 0 spiro atoms. The first kappa shape index (κ1) is 66.2. The molecule has 0 aliphatic carbocycles. The van der Waals surface area contributed by atoms with Gasteiger partial charge in [0, 0.05) is 19.3 Å².